The van der Waals surface area contributed by atoms with Crippen LogP contribution in [0.3, 0.4) is 0 Å². The Morgan fingerprint density at radius 2 is 2.00 bits per heavy atom. The number of piperidine rings is 1. The highest BCUT2D eigenvalue weighted by Gasteiger charge is 2.25. The first-order valence-corrected chi connectivity index (χ1v) is 9.28. The van der Waals surface area contributed by atoms with Gasteiger partial charge < -0.3 is 15.2 Å². The SMILES string of the molecule is O=C(NCc1ccc(Cl)cc1)N1CCC(c2c[nH]c3cccnc23)CC1. The molecule has 0 atom stereocenters. The fourth-order valence-corrected chi connectivity index (χ4v) is 3.70. The van der Waals surface area contributed by atoms with Crippen molar-refractivity contribution in [3.8, 4) is 0 Å². The lowest BCUT2D eigenvalue weighted by Crippen LogP contribution is -2.43. The van der Waals surface area contributed by atoms with Crippen LogP contribution in [0.5, 0.6) is 0 Å². The Labute approximate surface area is 157 Å². The van der Waals surface area contributed by atoms with Crippen LogP contribution in [0, 0.1) is 0 Å². The standard InChI is InChI=1S/C20H21ClN4O/c21-16-5-3-14(4-6-16)12-24-20(26)25-10-7-15(8-11-25)17-13-23-18-2-1-9-22-19(17)18/h1-6,9,13,15,23H,7-8,10-12H2,(H,24,26). The van der Waals surface area contributed by atoms with E-state index in [2.05, 4.69) is 21.5 Å². The number of carbonyl (C=O) groups is 1. The maximum absolute atomic E-state index is 12.4. The molecule has 0 aliphatic carbocycles. The predicted octanol–water partition coefficient (Wildman–Crippen LogP) is 4.31. The summed E-state index contributed by atoms with van der Waals surface area (Å²) in [6.45, 7) is 2.04. The van der Waals surface area contributed by atoms with Gasteiger partial charge >= 0.3 is 6.03 Å². The van der Waals surface area contributed by atoms with Crippen LogP contribution in [0.1, 0.15) is 29.9 Å². The number of aromatic amines is 1. The maximum Gasteiger partial charge on any atom is 0.317 e. The minimum Gasteiger partial charge on any atom is -0.360 e. The second kappa shape index (κ2) is 7.38. The van der Waals surface area contributed by atoms with Gasteiger partial charge in [0.25, 0.3) is 0 Å². The van der Waals surface area contributed by atoms with Crippen molar-refractivity contribution in [2.45, 2.75) is 25.3 Å². The normalized spacial score (nSPS) is 15.3. The molecule has 5 nitrogen and oxygen atoms in total. The number of likely N-dealkylation sites (tertiary alicyclic amines) is 1. The van der Waals surface area contributed by atoms with Crippen molar-refractivity contribution in [1.29, 1.82) is 0 Å². The molecular formula is C20H21ClN4O. The summed E-state index contributed by atoms with van der Waals surface area (Å²) in [7, 11) is 0. The minimum atomic E-state index is -0.00421. The summed E-state index contributed by atoms with van der Waals surface area (Å²) in [6, 6.07) is 11.5. The summed E-state index contributed by atoms with van der Waals surface area (Å²) in [5, 5.41) is 3.70. The lowest BCUT2D eigenvalue weighted by Gasteiger charge is -2.31. The molecule has 3 aromatic rings. The van der Waals surface area contributed by atoms with E-state index in [0.717, 1.165) is 42.5 Å². The highest BCUT2D eigenvalue weighted by Crippen LogP contribution is 2.32. The van der Waals surface area contributed by atoms with E-state index in [1.54, 1.807) is 0 Å². The molecule has 3 heterocycles. The van der Waals surface area contributed by atoms with Gasteiger partial charge in [0.1, 0.15) is 0 Å². The number of benzene rings is 1. The molecule has 0 unspecified atom stereocenters. The zero-order chi connectivity index (χ0) is 17.9. The minimum absolute atomic E-state index is 0.00421. The zero-order valence-corrected chi connectivity index (χ0v) is 15.2. The average molecular weight is 369 g/mol. The summed E-state index contributed by atoms with van der Waals surface area (Å²) >= 11 is 5.89. The highest BCUT2D eigenvalue weighted by molar-refractivity contribution is 6.30. The molecule has 6 heteroatoms. The van der Waals surface area contributed by atoms with E-state index >= 15 is 0 Å². The van der Waals surface area contributed by atoms with Gasteiger partial charge in [-0.05, 0) is 54.2 Å². The zero-order valence-electron chi connectivity index (χ0n) is 14.4. The fraction of sp³-hybridized carbons (Fsp3) is 0.300. The molecule has 0 radical (unpaired) electrons. The number of hydrogen-bond donors (Lipinski definition) is 2. The third-order valence-electron chi connectivity index (χ3n) is 5.04. The smallest absolute Gasteiger partial charge is 0.317 e. The number of H-pyrrole nitrogens is 1. The number of aromatic nitrogens is 2. The monoisotopic (exact) mass is 368 g/mol. The third kappa shape index (κ3) is 3.53. The first kappa shape index (κ1) is 16.9. The molecule has 134 valence electrons. The number of halogens is 1. The number of rotatable bonds is 3. The maximum atomic E-state index is 12.4. The van der Waals surface area contributed by atoms with Crippen molar-refractivity contribution >= 4 is 28.7 Å². The quantitative estimate of drug-likeness (QED) is 0.723. The number of nitrogens with zero attached hydrogens (tertiary/aromatic N) is 2. The largest absolute Gasteiger partial charge is 0.360 e. The Morgan fingerprint density at radius 3 is 2.77 bits per heavy atom. The molecule has 0 spiro atoms. The van der Waals surface area contributed by atoms with Gasteiger partial charge in [-0.3, -0.25) is 4.98 Å². The Hall–Kier alpha value is -2.53. The summed E-state index contributed by atoms with van der Waals surface area (Å²) in [4.78, 5) is 22.1. The number of amides is 2. The molecule has 26 heavy (non-hydrogen) atoms. The number of hydrogen-bond acceptors (Lipinski definition) is 2. The second-order valence-electron chi connectivity index (χ2n) is 6.69. The number of fused-ring (bicyclic) bond motifs is 1. The van der Waals surface area contributed by atoms with Crippen molar-refractivity contribution in [3.05, 3.63) is 64.9 Å². The Bertz CT molecular complexity index is 898. The van der Waals surface area contributed by atoms with Gasteiger partial charge in [0.15, 0.2) is 0 Å². The summed E-state index contributed by atoms with van der Waals surface area (Å²) < 4.78 is 0. The lowest BCUT2D eigenvalue weighted by molar-refractivity contribution is 0.181. The first-order chi connectivity index (χ1) is 12.7. The molecule has 2 N–H and O–H groups in total. The van der Waals surface area contributed by atoms with Gasteiger partial charge in [0.2, 0.25) is 0 Å². The molecule has 2 amide bonds. The van der Waals surface area contributed by atoms with E-state index in [1.165, 1.54) is 5.56 Å². The topological polar surface area (TPSA) is 61.0 Å². The predicted molar refractivity (Wildman–Crippen MR) is 103 cm³/mol. The second-order valence-corrected chi connectivity index (χ2v) is 7.13. The van der Waals surface area contributed by atoms with E-state index in [0.29, 0.717) is 17.5 Å². The van der Waals surface area contributed by atoms with Crippen LogP contribution in [0.2, 0.25) is 5.02 Å². The number of urea groups is 1. The van der Waals surface area contributed by atoms with Crippen molar-refractivity contribution < 1.29 is 4.79 Å². The molecule has 1 aromatic carbocycles. The van der Waals surface area contributed by atoms with Gasteiger partial charge in [-0.25, -0.2) is 4.79 Å². The molecule has 1 aliphatic heterocycles. The van der Waals surface area contributed by atoms with E-state index in [1.807, 2.05) is 47.5 Å². The molecule has 1 aliphatic rings. The number of pyridine rings is 1. The fourth-order valence-electron chi connectivity index (χ4n) is 3.57. The van der Waals surface area contributed by atoms with Gasteiger partial charge in [0.05, 0.1) is 11.0 Å². The summed E-state index contributed by atoms with van der Waals surface area (Å²) in [6.07, 6.45) is 5.81. The highest BCUT2D eigenvalue weighted by atomic mass is 35.5. The Balaban J connectivity index is 1.33. The van der Waals surface area contributed by atoms with Gasteiger partial charge in [-0.2, -0.15) is 0 Å². The van der Waals surface area contributed by atoms with Crippen molar-refractivity contribution in [2.75, 3.05) is 13.1 Å². The average Bonchev–Trinajstić information content (AvgIpc) is 3.11. The van der Waals surface area contributed by atoms with E-state index in [4.69, 9.17) is 11.6 Å². The lowest BCUT2D eigenvalue weighted by atomic mass is 9.90. The van der Waals surface area contributed by atoms with Crippen molar-refractivity contribution in [2.24, 2.45) is 0 Å². The molecule has 2 aromatic heterocycles. The summed E-state index contributed by atoms with van der Waals surface area (Å²) in [5.74, 6) is 0.443. The Kier molecular flexibility index (Phi) is 4.80. The van der Waals surface area contributed by atoms with Crippen LogP contribution in [0.4, 0.5) is 4.79 Å². The number of carbonyl (C=O) groups excluding carboxylic acids is 1. The molecule has 0 bridgehead atoms. The molecule has 1 fully saturated rings. The molecular weight excluding hydrogens is 348 g/mol. The van der Waals surface area contributed by atoms with E-state index in [-0.39, 0.29) is 6.03 Å². The van der Waals surface area contributed by atoms with Crippen LogP contribution < -0.4 is 5.32 Å². The third-order valence-corrected chi connectivity index (χ3v) is 5.30. The van der Waals surface area contributed by atoms with Crippen LogP contribution >= 0.6 is 11.6 Å². The van der Waals surface area contributed by atoms with Gasteiger partial charge in [-0.15, -0.1) is 0 Å². The van der Waals surface area contributed by atoms with Crippen LogP contribution in [-0.2, 0) is 6.54 Å². The van der Waals surface area contributed by atoms with Crippen LogP contribution in [-0.4, -0.2) is 34.0 Å². The van der Waals surface area contributed by atoms with Crippen molar-refractivity contribution in [1.82, 2.24) is 20.2 Å². The molecule has 0 saturated carbocycles. The first-order valence-electron chi connectivity index (χ1n) is 8.90. The number of nitrogens with one attached hydrogen (secondary N) is 2. The van der Waals surface area contributed by atoms with Crippen LogP contribution in [0.15, 0.2) is 48.8 Å². The summed E-state index contributed by atoms with van der Waals surface area (Å²) in [5.41, 5.74) is 4.44. The molecule has 4 rings (SSSR count). The van der Waals surface area contributed by atoms with Gasteiger partial charge in [-0.1, -0.05) is 23.7 Å². The van der Waals surface area contributed by atoms with E-state index in [9.17, 15) is 4.79 Å². The molecule has 1 saturated heterocycles. The van der Waals surface area contributed by atoms with Gasteiger partial charge in [0, 0.05) is 37.1 Å². The van der Waals surface area contributed by atoms with Crippen LogP contribution in [0.25, 0.3) is 11.0 Å². The Morgan fingerprint density at radius 1 is 1.23 bits per heavy atom. The van der Waals surface area contributed by atoms with E-state index < -0.39 is 0 Å². The van der Waals surface area contributed by atoms with Crippen molar-refractivity contribution in [3.63, 3.8) is 0 Å².